The van der Waals surface area contributed by atoms with E-state index in [9.17, 15) is 13.2 Å². The summed E-state index contributed by atoms with van der Waals surface area (Å²) >= 11 is 0. The summed E-state index contributed by atoms with van der Waals surface area (Å²) in [7, 11) is -2.84. The van der Waals surface area contributed by atoms with Crippen LogP contribution in [0.3, 0.4) is 0 Å². The van der Waals surface area contributed by atoms with E-state index in [1.54, 1.807) is 0 Å². The Hall–Kier alpha value is -0.860. The first-order valence-electron chi connectivity index (χ1n) is 2.98. The minimum absolute atomic E-state index is 0.150. The van der Waals surface area contributed by atoms with Crippen molar-refractivity contribution in [1.82, 2.24) is 9.03 Å². The third kappa shape index (κ3) is 3.51. The zero-order valence-corrected chi connectivity index (χ0v) is 7.21. The van der Waals surface area contributed by atoms with Gasteiger partial charge in [-0.1, -0.05) is 0 Å². The van der Waals surface area contributed by atoms with Gasteiger partial charge in [0.15, 0.2) is 0 Å². The molecule has 0 atom stereocenters. The van der Waals surface area contributed by atoms with Crippen LogP contribution in [-0.4, -0.2) is 49.2 Å². The molecule has 0 aromatic carbocycles. The second kappa shape index (κ2) is 4.24. The van der Waals surface area contributed by atoms with Crippen LogP contribution in [0.5, 0.6) is 0 Å². The summed E-state index contributed by atoms with van der Waals surface area (Å²) < 4.78 is 23.7. The van der Waals surface area contributed by atoms with Gasteiger partial charge in [-0.05, 0) is 0 Å². The summed E-state index contributed by atoms with van der Waals surface area (Å²) in [4.78, 5) is 9.94. The fourth-order valence-electron chi connectivity index (χ4n) is 0.449. The number of hydrogen-bond acceptors (Lipinski definition) is 4. The molecule has 0 fully saturated rings. The Labute approximate surface area is 69.8 Å². The maximum absolute atomic E-state index is 10.9. The molecular formula is C4H10N2O5S. The van der Waals surface area contributed by atoms with Gasteiger partial charge in [-0.2, -0.15) is 12.7 Å². The van der Waals surface area contributed by atoms with Crippen molar-refractivity contribution in [3.8, 4) is 0 Å². The Morgan fingerprint density at radius 1 is 1.58 bits per heavy atom. The lowest BCUT2D eigenvalue weighted by molar-refractivity contribution is 0.199. The fourth-order valence-corrected chi connectivity index (χ4v) is 1.15. The van der Waals surface area contributed by atoms with E-state index in [0.717, 1.165) is 7.05 Å². The smallest absolute Gasteiger partial charge is 0.419 e. The second-order valence-corrected chi connectivity index (χ2v) is 3.74. The van der Waals surface area contributed by atoms with Gasteiger partial charge in [-0.3, -0.25) is 0 Å². The van der Waals surface area contributed by atoms with Crippen LogP contribution < -0.4 is 4.72 Å². The number of hydrogen-bond donors (Lipinski definition) is 3. The average molecular weight is 198 g/mol. The van der Waals surface area contributed by atoms with Crippen molar-refractivity contribution < 1.29 is 23.4 Å². The molecule has 0 heterocycles. The van der Waals surface area contributed by atoms with Crippen molar-refractivity contribution in [1.29, 1.82) is 0 Å². The Kier molecular flexibility index (Phi) is 3.93. The minimum Gasteiger partial charge on any atom is -0.464 e. The van der Waals surface area contributed by atoms with Crippen LogP contribution in [-0.2, 0) is 10.2 Å². The molecule has 1 amide bonds. The highest BCUT2D eigenvalue weighted by molar-refractivity contribution is 7.87. The Morgan fingerprint density at radius 2 is 2.08 bits per heavy atom. The zero-order chi connectivity index (χ0) is 9.78. The molecule has 12 heavy (non-hydrogen) atoms. The van der Waals surface area contributed by atoms with Crippen LogP contribution in [0.25, 0.3) is 0 Å². The normalized spacial score (nSPS) is 11.6. The van der Waals surface area contributed by atoms with Crippen LogP contribution in [0.15, 0.2) is 0 Å². The van der Waals surface area contributed by atoms with E-state index in [4.69, 9.17) is 10.2 Å². The quantitative estimate of drug-likeness (QED) is 0.505. The number of likely N-dealkylation sites (N-methyl/N-ethyl adjacent to an activating group) is 1. The topological polar surface area (TPSA) is 107 Å². The highest BCUT2D eigenvalue weighted by atomic mass is 32.2. The zero-order valence-electron chi connectivity index (χ0n) is 6.39. The van der Waals surface area contributed by atoms with Crippen LogP contribution >= 0.6 is 0 Å². The molecule has 0 aliphatic rings. The lowest BCUT2D eigenvalue weighted by Gasteiger charge is -2.14. The van der Waals surface area contributed by atoms with E-state index < -0.39 is 16.3 Å². The third-order valence-electron chi connectivity index (χ3n) is 1.04. The molecule has 72 valence electrons. The van der Waals surface area contributed by atoms with Gasteiger partial charge in [-0.15, -0.1) is 0 Å². The molecule has 7 nitrogen and oxygen atoms in total. The molecule has 0 saturated carbocycles. The van der Waals surface area contributed by atoms with Crippen molar-refractivity contribution in [2.75, 3.05) is 20.2 Å². The highest BCUT2D eigenvalue weighted by Gasteiger charge is 2.18. The van der Waals surface area contributed by atoms with E-state index >= 15 is 0 Å². The van der Waals surface area contributed by atoms with E-state index in [1.165, 1.54) is 4.72 Å². The molecule has 0 aromatic heterocycles. The number of rotatable bonds is 4. The molecule has 0 saturated heterocycles. The van der Waals surface area contributed by atoms with E-state index in [2.05, 4.69) is 0 Å². The molecule has 8 heteroatoms. The first kappa shape index (κ1) is 11.1. The molecule has 0 radical (unpaired) electrons. The van der Waals surface area contributed by atoms with Gasteiger partial charge in [0.2, 0.25) is 0 Å². The summed E-state index contributed by atoms with van der Waals surface area (Å²) in [5.41, 5.74) is 0. The lowest BCUT2D eigenvalue weighted by Crippen LogP contribution is -2.41. The van der Waals surface area contributed by atoms with Gasteiger partial charge < -0.3 is 10.2 Å². The predicted molar refractivity (Wildman–Crippen MR) is 39.8 cm³/mol. The number of nitrogens with one attached hydrogen (secondary N) is 1. The average Bonchev–Trinajstić information content (AvgIpc) is 1.85. The number of aliphatic hydroxyl groups excluding tert-OH is 1. The van der Waals surface area contributed by atoms with Gasteiger partial charge in [0.05, 0.1) is 6.61 Å². The first-order chi connectivity index (χ1) is 5.40. The number of amides is 1. The van der Waals surface area contributed by atoms with E-state index in [1.807, 2.05) is 0 Å². The first-order valence-corrected chi connectivity index (χ1v) is 4.42. The Morgan fingerprint density at radius 3 is 2.42 bits per heavy atom. The van der Waals surface area contributed by atoms with Gasteiger partial charge in [0.25, 0.3) is 0 Å². The predicted octanol–water partition coefficient (Wildman–Crippen LogP) is -1.58. The molecule has 3 N–H and O–H groups in total. The van der Waals surface area contributed by atoms with Crippen molar-refractivity contribution in [2.24, 2.45) is 0 Å². The third-order valence-corrected chi connectivity index (χ3v) is 2.48. The van der Waals surface area contributed by atoms with Crippen LogP contribution in [0.1, 0.15) is 0 Å². The highest BCUT2D eigenvalue weighted by Crippen LogP contribution is 1.91. The standard InChI is InChI=1S/C4H10N2O5S/c1-6(2-3-7)12(10,11)5-4(8)9/h5,7H,2-3H2,1H3,(H,8,9). The maximum Gasteiger partial charge on any atom is 0.419 e. The molecule has 0 aliphatic heterocycles. The van der Waals surface area contributed by atoms with Gasteiger partial charge in [0.1, 0.15) is 0 Å². The lowest BCUT2D eigenvalue weighted by atomic mass is 10.7. The summed E-state index contributed by atoms with van der Waals surface area (Å²) in [6.07, 6.45) is -1.65. The summed E-state index contributed by atoms with van der Waals surface area (Å²) in [5, 5.41) is 16.4. The number of nitrogens with zero attached hydrogens (tertiary/aromatic N) is 1. The van der Waals surface area contributed by atoms with Crippen LogP contribution in [0.4, 0.5) is 4.79 Å². The molecule has 0 bridgehead atoms. The minimum atomic E-state index is -4.00. The van der Waals surface area contributed by atoms with Gasteiger partial charge in [-0.25, -0.2) is 9.52 Å². The van der Waals surface area contributed by atoms with Crippen molar-refractivity contribution in [3.05, 3.63) is 0 Å². The van der Waals surface area contributed by atoms with E-state index in [0.29, 0.717) is 4.31 Å². The van der Waals surface area contributed by atoms with Gasteiger partial charge >= 0.3 is 16.3 Å². The summed E-state index contributed by atoms with van der Waals surface area (Å²) in [5.74, 6) is 0. The van der Waals surface area contributed by atoms with Gasteiger partial charge in [0, 0.05) is 13.6 Å². The maximum atomic E-state index is 10.9. The van der Waals surface area contributed by atoms with Crippen molar-refractivity contribution in [2.45, 2.75) is 0 Å². The van der Waals surface area contributed by atoms with Crippen molar-refractivity contribution in [3.63, 3.8) is 0 Å². The fraction of sp³-hybridized carbons (Fsp3) is 0.750. The Balaban J connectivity index is 4.30. The molecule has 0 rings (SSSR count). The number of aliphatic hydroxyl groups is 1. The largest absolute Gasteiger partial charge is 0.464 e. The molecule has 0 aliphatic carbocycles. The van der Waals surface area contributed by atoms with Crippen molar-refractivity contribution >= 4 is 16.3 Å². The SMILES string of the molecule is CN(CCO)S(=O)(=O)NC(=O)O. The molecule has 0 spiro atoms. The summed E-state index contributed by atoms with van der Waals surface area (Å²) in [6, 6.07) is 0. The molecular weight excluding hydrogens is 188 g/mol. The number of carboxylic acid groups (broad SMARTS) is 1. The van der Waals surface area contributed by atoms with Crippen LogP contribution in [0.2, 0.25) is 0 Å². The molecule has 0 unspecified atom stereocenters. The molecule has 0 aromatic rings. The monoisotopic (exact) mass is 198 g/mol. The number of carbonyl (C=O) groups is 1. The van der Waals surface area contributed by atoms with Crippen LogP contribution in [0, 0.1) is 0 Å². The van der Waals surface area contributed by atoms with E-state index in [-0.39, 0.29) is 13.2 Å². The summed E-state index contributed by atoms with van der Waals surface area (Å²) in [6.45, 7) is -0.514. The second-order valence-electron chi connectivity index (χ2n) is 1.96. The Bertz CT molecular complexity index is 248.